The van der Waals surface area contributed by atoms with Gasteiger partial charge in [-0.2, -0.15) is 0 Å². The van der Waals surface area contributed by atoms with Crippen molar-refractivity contribution < 1.29 is 13.9 Å². The van der Waals surface area contributed by atoms with Crippen LogP contribution < -0.4 is 15.0 Å². The fraction of sp³-hybridized carbons (Fsp3) is 0.459. The van der Waals surface area contributed by atoms with E-state index in [9.17, 15) is 4.79 Å². The van der Waals surface area contributed by atoms with Gasteiger partial charge in [0.1, 0.15) is 22.8 Å². The first-order valence-electron chi connectivity index (χ1n) is 16.7. The van der Waals surface area contributed by atoms with Crippen molar-refractivity contribution in [3.05, 3.63) is 53.2 Å². The van der Waals surface area contributed by atoms with Gasteiger partial charge in [0, 0.05) is 47.3 Å². The van der Waals surface area contributed by atoms with Crippen molar-refractivity contribution in [1.82, 2.24) is 25.2 Å². The fourth-order valence-electron chi connectivity index (χ4n) is 7.84. The normalized spacial score (nSPS) is 22.0. The zero-order chi connectivity index (χ0) is 32.5. The molecule has 47 heavy (non-hydrogen) atoms. The molecule has 0 amide bonds. The maximum Gasteiger partial charge on any atom is 0.316 e. The molecule has 4 aromatic rings. The molecule has 0 spiro atoms. The number of pyridine rings is 1. The highest BCUT2D eigenvalue weighted by Gasteiger charge is 2.43. The van der Waals surface area contributed by atoms with Gasteiger partial charge in [-0.3, -0.25) is 14.7 Å². The molecular formula is C37H38ClFN6O2. The van der Waals surface area contributed by atoms with Crippen molar-refractivity contribution in [2.75, 3.05) is 31.1 Å². The molecule has 2 aromatic carbocycles. The summed E-state index contributed by atoms with van der Waals surface area (Å²) in [5.41, 5.74) is -0.208. The second-order valence-electron chi connectivity index (χ2n) is 14.5. The Kier molecular flexibility index (Phi) is 7.39. The van der Waals surface area contributed by atoms with Crippen LogP contribution in [0.2, 0.25) is 5.02 Å². The summed E-state index contributed by atoms with van der Waals surface area (Å²) in [6, 6.07) is 9.54. The van der Waals surface area contributed by atoms with Crippen molar-refractivity contribution in [3.63, 3.8) is 0 Å². The van der Waals surface area contributed by atoms with Crippen molar-refractivity contribution in [2.45, 2.75) is 76.9 Å². The van der Waals surface area contributed by atoms with E-state index in [0.717, 1.165) is 64.7 Å². The van der Waals surface area contributed by atoms with Gasteiger partial charge in [0.2, 0.25) is 5.82 Å². The number of rotatable bonds is 3. The Bertz CT molecular complexity index is 1980. The topological polar surface area (TPSA) is 83.5 Å². The van der Waals surface area contributed by atoms with Crippen LogP contribution in [0.3, 0.4) is 0 Å². The summed E-state index contributed by atoms with van der Waals surface area (Å²) < 4.78 is 22.8. The number of aromatic nitrogens is 3. The lowest BCUT2D eigenvalue weighted by Crippen LogP contribution is -2.51. The molecule has 4 fully saturated rings. The Balaban J connectivity index is 1.30. The van der Waals surface area contributed by atoms with Crippen LogP contribution in [-0.4, -0.2) is 69.6 Å². The molecular weight excluding hydrogens is 615 g/mol. The van der Waals surface area contributed by atoms with E-state index < -0.39 is 17.2 Å². The molecule has 6 heterocycles. The van der Waals surface area contributed by atoms with E-state index in [2.05, 4.69) is 31.9 Å². The third-order valence-corrected chi connectivity index (χ3v) is 10.5. The first-order chi connectivity index (χ1) is 22.6. The van der Waals surface area contributed by atoms with E-state index in [1.54, 1.807) is 45.2 Å². The minimum atomic E-state index is -0.725. The molecule has 4 saturated heterocycles. The smallest absolute Gasteiger partial charge is 0.316 e. The highest BCUT2D eigenvalue weighted by atomic mass is 35.5. The van der Waals surface area contributed by atoms with E-state index in [1.807, 2.05) is 12.1 Å². The maximum atomic E-state index is 17.1. The molecule has 2 unspecified atom stereocenters. The van der Waals surface area contributed by atoms with Gasteiger partial charge in [0.15, 0.2) is 5.82 Å². The first-order valence-corrected chi connectivity index (χ1v) is 17.1. The number of nitrogens with zero attached hydrogens (tertiary/aromatic N) is 5. The Hall–Kier alpha value is -3.84. The van der Waals surface area contributed by atoms with Crippen LogP contribution in [0.15, 0.2) is 36.5 Å². The minimum absolute atomic E-state index is 0.0737. The van der Waals surface area contributed by atoms with E-state index in [1.165, 1.54) is 0 Å². The monoisotopic (exact) mass is 652 g/mol. The van der Waals surface area contributed by atoms with E-state index >= 15 is 4.39 Å². The summed E-state index contributed by atoms with van der Waals surface area (Å²) in [6.07, 6.45) is 8.21. The number of carbonyl (C=O) groups is 1. The zero-order valence-electron chi connectivity index (χ0n) is 27.0. The van der Waals surface area contributed by atoms with Gasteiger partial charge in [-0.05, 0) is 102 Å². The average Bonchev–Trinajstić information content (AvgIpc) is 3.73. The molecule has 8 nitrogen and oxygen atoms in total. The number of hydrogen-bond acceptors (Lipinski definition) is 8. The molecule has 4 aliphatic heterocycles. The second-order valence-corrected chi connectivity index (χ2v) is 14.9. The molecule has 0 radical (unpaired) electrons. The fourth-order valence-corrected chi connectivity index (χ4v) is 8.12. The number of hydrogen-bond donors (Lipinski definition) is 1. The number of piperazine rings is 1. The predicted octanol–water partition coefficient (Wildman–Crippen LogP) is 6.51. The number of fused-ring (bicyclic) bond motifs is 5. The number of halogens is 2. The highest BCUT2D eigenvalue weighted by Crippen LogP contribution is 2.41. The third kappa shape index (κ3) is 5.41. The number of ether oxygens (including phenoxy) is 1. The van der Waals surface area contributed by atoms with Crippen molar-refractivity contribution >= 4 is 45.1 Å². The van der Waals surface area contributed by atoms with E-state index in [4.69, 9.17) is 26.3 Å². The van der Waals surface area contributed by atoms with Crippen LogP contribution in [-0.2, 0) is 4.79 Å². The Morgan fingerprint density at radius 1 is 1.11 bits per heavy atom. The highest BCUT2D eigenvalue weighted by molar-refractivity contribution is 6.36. The summed E-state index contributed by atoms with van der Waals surface area (Å²) in [7, 11) is 0. The molecule has 8 rings (SSSR count). The molecule has 1 N–H and O–H groups in total. The quantitative estimate of drug-likeness (QED) is 0.152. The summed E-state index contributed by atoms with van der Waals surface area (Å²) in [5.74, 6) is 7.14. The Morgan fingerprint density at radius 3 is 2.57 bits per heavy atom. The molecule has 0 aliphatic carbocycles. The molecule has 242 valence electrons. The van der Waals surface area contributed by atoms with Gasteiger partial charge < -0.3 is 15.0 Å². The standard InChI is InChI=1S/C37H38ClFN6O2/c1-36(2,3)35(46)47-25-17-22-7-4-8-28(38)30(22)26(18-25)32-31(39)33-27(19-40-32)34(44-20-23-9-10-24(21-44)41-23)43-29(42-33)11-14-37-12-5-15-45(37)16-6-13-37/h4,7-8,17-19,23-24,41H,5-6,9-10,12-13,15-16,20-21H2,1-3H3. The lowest BCUT2D eigenvalue weighted by atomic mass is 9.95. The van der Waals surface area contributed by atoms with Gasteiger partial charge in [0.25, 0.3) is 0 Å². The summed E-state index contributed by atoms with van der Waals surface area (Å²) in [6.45, 7) is 9.04. The minimum Gasteiger partial charge on any atom is -0.426 e. The molecule has 2 aromatic heterocycles. The summed E-state index contributed by atoms with van der Waals surface area (Å²) >= 11 is 6.73. The largest absolute Gasteiger partial charge is 0.426 e. The van der Waals surface area contributed by atoms with Crippen LogP contribution in [0.4, 0.5) is 10.2 Å². The van der Waals surface area contributed by atoms with Crippen LogP contribution in [0.1, 0.15) is 65.1 Å². The van der Waals surface area contributed by atoms with E-state index in [-0.39, 0.29) is 16.7 Å². The van der Waals surface area contributed by atoms with Crippen LogP contribution in [0.5, 0.6) is 5.75 Å². The SMILES string of the molecule is CC(C)(C)C(=O)Oc1cc(-c2ncc3c(N4CC5CCC(C4)N5)nc(C#CC45CCCN4CCC5)nc3c2F)c2c(Cl)cccc2c1. The van der Waals surface area contributed by atoms with Crippen LogP contribution in [0.25, 0.3) is 32.9 Å². The number of esters is 1. The Morgan fingerprint density at radius 2 is 1.85 bits per heavy atom. The maximum absolute atomic E-state index is 17.1. The lowest BCUT2D eigenvalue weighted by molar-refractivity contribution is -0.142. The van der Waals surface area contributed by atoms with Crippen molar-refractivity contribution in [2.24, 2.45) is 5.41 Å². The van der Waals surface area contributed by atoms with Crippen molar-refractivity contribution in [1.29, 1.82) is 0 Å². The van der Waals surface area contributed by atoms with Gasteiger partial charge in [0.05, 0.1) is 16.3 Å². The van der Waals surface area contributed by atoms with Gasteiger partial charge in [-0.25, -0.2) is 14.4 Å². The second kappa shape index (κ2) is 11.4. The third-order valence-electron chi connectivity index (χ3n) is 10.2. The molecule has 2 atom stereocenters. The summed E-state index contributed by atoms with van der Waals surface area (Å²) in [5, 5.41) is 5.98. The summed E-state index contributed by atoms with van der Waals surface area (Å²) in [4.78, 5) is 32.0. The molecule has 10 heteroatoms. The number of nitrogens with one attached hydrogen (secondary N) is 1. The lowest BCUT2D eigenvalue weighted by Gasteiger charge is -2.34. The number of carbonyl (C=O) groups excluding carboxylic acids is 1. The predicted molar refractivity (Wildman–Crippen MR) is 182 cm³/mol. The van der Waals surface area contributed by atoms with Crippen LogP contribution >= 0.6 is 11.6 Å². The van der Waals surface area contributed by atoms with Crippen LogP contribution in [0, 0.1) is 23.1 Å². The molecule has 0 saturated carbocycles. The van der Waals surface area contributed by atoms with Gasteiger partial charge in [-0.15, -0.1) is 0 Å². The average molecular weight is 653 g/mol. The molecule has 4 aliphatic rings. The first kappa shape index (κ1) is 30.5. The van der Waals surface area contributed by atoms with E-state index in [0.29, 0.717) is 56.2 Å². The Labute approximate surface area is 279 Å². The van der Waals surface area contributed by atoms with Gasteiger partial charge in [-0.1, -0.05) is 29.7 Å². The number of benzene rings is 2. The van der Waals surface area contributed by atoms with Crippen molar-refractivity contribution in [3.8, 4) is 28.8 Å². The van der Waals surface area contributed by atoms with Gasteiger partial charge >= 0.3 is 5.97 Å². The number of anilines is 1. The zero-order valence-corrected chi connectivity index (χ0v) is 27.8. The molecule has 2 bridgehead atoms.